The molecule has 1 aliphatic heterocycles. The van der Waals surface area contributed by atoms with Gasteiger partial charge in [-0.25, -0.2) is 0 Å². The fourth-order valence-corrected chi connectivity index (χ4v) is 4.04. The number of hydrogen-bond donors (Lipinski definition) is 0. The lowest BCUT2D eigenvalue weighted by Crippen LogP contribution is -2.14. The van der Waals surface area contributed by atoms with Crippen molar-refractivity contribution >= 4 is 35.5 Å². The Labute approximate surface area is 86.3 Å². The normalized spacial score (nSPS) is 19.5. The zero-order valence-electron chi connectivity index (χ0n) is 7.52. The number of hydrogen-bond acceptors (Lipinski definition) is 3. The summed E-state index contributed by atoms with van der Waals surface area (Å²) in [5.41, 5.74) is 8.13. The number of nitrogens with zero attached hydrogens (tertiary/aromatic N) is 2. The summed E-state index contributed by atoms with van der Waals surface area (Å²) in [5, 5.41) is 0. The SMILES string of the molecule is CC1(CCC(=O)C=[N+]=[N-])SCCS1. The molecule has 0 bridgehead atoms. The van der Waals surface area contributed by atoms with Crippen molar-refractivity contribution in [2.24, 2.45) is 0 Å². The first-order valence-corrected chi connectivity index (χ1v) is 6.11. The molecule has 0 aromatic rings. The zero-order valence-corrected chi connectivity index (χ0v) is 9.16. The maximum absolute atomic E-state index is 11.0. The second kappa shape index (κ2) is 4.84. The molecule has 1 saturated heterocycles. The van der Waals surface area contributed by atoms with Crippen molar-refractivity contribution in [3.8, 4) is 0 Å². The Morgan fingerprint density at radius 1 is 1.62 bits per heavy atom. The zero-order chi connectivity index (χ0) is 9.73. The van der Waals surface area contributed by atoms with Gasteiger partial charge in [0.25, 0.3) is 0 Å². The minimum Gasteiger partial charge on any atom is -0.361 e. The summed E-state index contributed by atoms with van der Waals surface area (Å²) < 4.78 is 0.193. The number of carbonyl (C=O) groups excluding carboxylic acids is 1. The van der Waals surface area contributed by atoms with Crippen LogP contribution in [0.2, 0.25) is 0 Å². The molecule has 0 N–H and O–H groups in total. The van der Waals surface area contributed by atoms with Crippen LogP contribution in [0.3, 0.4) is 0 Å². The monoisotopic (exact) mass is 216 g/mol. The van der Waals surface area contributed by atoms with E-state index in [4.69, 9.17) is 5.53 Å². The molecule has 5 heteroatoms. The van der Waals surface area contributed by atoms with E-state index < -0.39 is 0 Å². The van der Waals surface area contributed by atoms with Crippen molar-refractivity contribution < 1.29 is 9.58 Å². The third-order valence-corrected chi connectivity index (χ3v) is 5.34. The summed E-state index contributed by atoms with van der Waals surface area (Å²) in [7, 11) is 0. The number of carbonyl (C=O) groups is 1. The lowest BCUT2D eigenvalue weighted by Gasteiger charge is -2.19. The topological polar surface area (TPSA) is 53.5 Å². The van der Waals surface area contributed by atoms with Crippen molar-refractivity contribution in [1.82, 2.24) is 0 Å². The molecule has 1 aliphatic rings. The second-order valence-electron chi connectivity index (χ2n) is 3.04. The Kier molecular flexibility index (Phi) is 4.03. The van der Waals surface area contributed by atoms with Crippen LogP contribution in [-0.4, -0.2) is 32.4 Å². The van der Waals surface area contributed by atoms with Gasteiger partial charge < -0.3 is 5.53 Å². The molecule has 1 heterocycles. The van der Waals surface area contributed by atoms with Gasteiger partial charge in [0.1, 0.15) is 0 Å². The summed E-state index contributed by atoms with van der Waals surface area (Å²) in [4.78, 5) is 13.7. The first-order valence-electron chi connectivity index (χ1n) is 4.14. The summed E-state index contributed by atoms with van der Waals surface area (Å²) >= 11 is 3.82. The van der Waals surface area contributed by atoms with Gasteiger partial charge in [-0.2, -0.15) is 4.79 Å². The lowest BCUT2D eigenvalue weighted by molar-refractivity contribution is -0.116. The summed E-state index contributed by atoms with van der Waals surface area (Å²) in [5.74, 6) is 2.24. The molecular formula is C8H12N2OS2. The number of Topliss-reactive ketones (excluding diaryl/α,β-unsaturated/α-hetero) is 1. The quantitative estimate of drug-likeness (QED) is 0.409. The number of thioether (sulfide) groups is 2. The molecule has 72 valence electrons. The van der Waals surface area contributed by atoms with Crippen LogP contribution in [-0.2, 0) is 4.79 Å². The van der Waals surface area contributed by atoms with E-state index in [0.717, 1.165) is 12.6 Å². The average Bonchev–Trinajstić information content (AvgIpc) is 2.51. The maximum atomic E-state index is 11.0. The predicted octanol–water partition coefficient (Wildman–Crippen LogP) is 1.83. The van der Waals surface area contributed by atoms with Crippen molar-refractivity contribution in [3.63, 3.8) is 0 Å². The minimum absolute atomic E-state index is 0.100. The number of rotatable bonds is 4. The predicted molar refractivity (Wildman–Crippen MR) is 57.2 cm³/mol. The highest BCUT2D eigenvalue weighted by Gasteiger charge is 2.30. The van der Waals surface area contributed by atoms with E-state index in [0.29, 0.717) is 6.42 Å². The van der Waals surface area contributed by atoms with Crippen molar-refractivity contribution in [1.29, 1.82) is 0 Å². The molecule has 0 radical (unpaired) electrons. The highest BCUT2D eigenvalue weighted by Crippen LogP contribution is 2.46. The van der Waals surface area contributed by atoms with Crippen molar-refractivity contribution in [3.05, 3.63) is 5.53 Å². The molecule has 13 heavy (non-hydrogen) atoms. The van der Waals surface area contributed by atoms with Crippen LogP contribution in [0.25, 0.3) is 5.53 Å². The largest absolute Gasteiger partial charge is 0.361 e. The maximum Gasteiger partial charge on any atom is 0.323 e. The number of ketones is 1. The van der Waals surface area contributed by atoms with Gasteiger partial charge in [0.2, 0.25) is 5.78 Å². The summed E-state index contributed by atoms with van der Waals surface area (Å²) in [6.07, 6.45) is 2.31. The lowest BCUT2D eigenvalue weighted by atomic mass is 10.2. The first-order chi connectivity index (χ1) is 6.16. The van der Waals surface area contributed by atoms with Crippen molar-refractivity contribution in [2.75, 3.05) is 11.5 Å². The van der Waals surface area contributed by atoms with E-state index in [1.807, 2.05) is 23.5 Å². The molecule has 0 saturated carbocycles. The van der Waals surface area contributed by atoms with Gasteiger partial charge >= 0.3 is 6.21 Å². The Balaban J connectivity index is 2.32. The van der Waals surface area contributed by atoms with E-state index in [2.05, 4.69) is 11.7 Å². The average molecular weight is 216 g/mol. The van der Waals surface area contributed by atoms with E-state index in [1.165, 1.54) is 11.5 Å². The van der Waals surface area contributed by atoms with Crippen LogP contribution in [0.4, 0.5) is 0 Å². The van der Waals surface area contributed by atoms with Gasteiger partial charge in [-0.1, -0.05) is 0 Å². The van der Waals surface area contributed by atoms with Gasteiger partial charge in [-0.15, -0.1) is 23.5 Å². The molecule has 0 spiro atoms. The fraction of sp³-hybridized carbons (Fsp3) is 0.750. The van der Waals surface area contributed by atoms with Gasteiger partial charge in [0, 0.05) is 17.9 Å². The standard InChI is InChI=1S/C8H12N2OS2/c1-8(12-4-5-13-8)3-2-7(11)6-10-9/h6H,2-5H2,1H3. The van der Waals surface area contributed by atoms with Crippen LogP contribution in [0.5, 0.6) is 0 Å². The van der Waals surface area contributed by atoms with Gasteiger partial charge in [0.05, 0.1) is 4.08 Å². The Morgan fingerprint density at radius 3 is 2.77 bits per heavy atom. The van der Waals surface area contributed by atoms with E-state index in [9.17, 15) is 4.79 Å². The fourth-order valence-electron chi connectivity index (χ4n) is 1.18. The molecule has 0 aliphatic carbocycles. The van der Waals surface area contributed by atoms with Crippen LogP contribution >= 0.6 is 23.5 Å². The Morgan fingerprint density at radius 2 is 2.23 bits per heavy atom. The van der Waals surface area contributed by atoms with Gasteiger partial charge in [-0.05, 0) is 13.3 Å². The highest BCUT2D eigenvalue weighted by molar-refractivity contribution is 8.21. The molecule has 0 aromatic carbocycles. The molecule has 1 fully saturated rings. The smallest absolute Gasteiger partial charge is 0.323 e. The van der Waals surface area contributed by atoms with Crippen LogP contribution in [0.1, 0.15) is 19.8 Å². The third-order valence-electron chi connectivity index (χ3n) is 1.93. The van der Waals surface area contributed by atoms with E-state index in [-0.39, 0.29) is 9.86 Å². The molecule has 0 aromatic heterocycles. The van der Waals surface area contributed by atoms with Crippen LogP contribution in [0.15, 0.2) is 0 Å². The summed E-state index contributed by atoms with van der Waals surface area (Å²) in [6, 6.07) is 0. The third kappa shape index (κ3) is 3.55. The van der Waals surface area contributed by atoms with Crippen molar-refractivity contribution in [2.45, 2.75) is 23.8 Å². The molecule has 0 atom stereocenters. The molecule has 1 rings (SSSR count). The molecule has 3 nitrogen and oxygen atoms in total. The van der Waals surface area contributed by atoms with Crippen LogP contribution in [0, 0.1) is 0 Å². The second-order valence-corrected chi connectivity index (χ2v) is 6.50. The minimum atomic E-state index is -0.100. The molecule has 0 amide bonds. The Hall–Kier alpha value is -0.250. The van der Waals surface area contributed by atoms with Gasteiger partial charge in [-0.3, -0.25) is 4.79 Å². The molecular weight excluding hydrogens is 204 g/mol. The van der Waals surface area contributed by atoms with E-state index in [1.54, 1.807) is 0 Å². The van der Waals surface area contributed by atoms with Gasteiger partial charge in [0.15, 0.2) is 0 Å². The molecule has 0 unspecified atom stereocenters. The first kappa shape index (κ1) is 10.8. The summed E-state index contributed by atoms with van der Waals surface area (Å²) in [6.45, 7) is 2.17. The highest BCUT2D eigenvalue weighted by atomic mass is 32.2. The van der Waals surface area contributed by atoms with Crippen LogP contribution < -0.4 is 0 Å². The Bertz CT molecular complexity index is 243. The van der Waals surface area contributed by atoms with E-state index >= 15 is 0 Å².